The Labute approximate surface area is 173 Å². The summed E-state index contributed by atoms with van der Waals surface area (Å²) < 4.78 is 1.82. The Morgan fingerprint density at radius 1 is 1.00 bits per heavy atom. The number of ketones is 1. The normalized spacial score (nSPS) is 11.1. The van der Waals surface area contributed by atoms with Gasteiger partial charge in [-0.3, -0.25) is 9.78 Å². The summed E-state index contributed by atoms with van der Waals surface area (Å²) in [6.07, 6.45) is 3.61. The quantitative estimate of drug-likeness (QED) is 0.488. The highest BCUT2D eigenvalue weighted by atomic mass is 16.1. The van der Waals surface area contributed by atoms with Gasteiger partial charge < -0.3 is 0 Å². The molecule has 0 bridgehead atoms. The van der Waals surface area contributed by atoms with E-state index in [1.165, 1.54) is 34.0 Å². The molecule has 152 valence electrons. The number of benzene rings is 1. The van der Waals surface area contributed by atoms with E-state index in [1.54, 1.807) is 12.3 Å². The zero-order valence-corrected chi connectivity index (χ0v) is 17.4. The molecule has 9 heteroatoms. The molecule has 0 spiro atoms. The average molecular weight is 402 g/mol. The SMILES string of the molecule is CC(=O)Cn1nnc(-c2ccc(-c3cn(Cc4cc(C)c(C)c(C)c4)nn3)cn2)n1. The Bertz CT molecular complexity index is 1180. The van der Waals surface area contributed by atoms with Crippen LogP contribution in [0.3, 0.4) is 0 Å². The zero-order valence-electron chi connectivity index (χ0n) is 17.4. The molecule has 0 saturated heterocycles. The van der Waals surface area contributed by atoms with Gasteiger partial charge in [-0.15, -0.1) is 15.3 Å². The van der Waals surface area contributed by atoms with E-state index in [-0.39, 0.29) is 12.3 Å². The van der Waals surface area contributed by atoms with Crippen LogP contribution in [0.5, 0.6) is 0 Å². The molecule has 1 aromatic carbocycles. The minimum Gasteiger partial charge on any atom is -0.298 e. The van der Waals surface area contributed by atoms with E-state index in [2.05, 4.69) is 63.6 Å². The van der Waals surface area contributed by atoms with Crippen molar-refractivity contribution in [1.82, 2.24) is 40.2 Å². The minimum absolute atomic E-state index is 0.0405. The van der Waals surface area contributed by atoms with E-state index in [0.717, 1.165) is 11.3 Å². The predicted octanol–water partition coefficient (Wildman–Crippen LogP) is 2.56. The van der Waals surface area contributed by atoms with E-state index >= 15 is 0 Å². The molecule has 0 radical (unpaired) electrons. The number of hydrogen-bond donors (Lipinski definition) is 0. The maximum atomic E-state index is 11.2. The first kappa shape index (κ1) is 19.6. The molecule has 0 saturated carbocycles. The number of hydrogen-bond acceptors (Lipinski definition) is 7. The van der Waals surface area contributed by atoms with Gasteiger partial charge in [0.1, 0.15) is 17.9 Å². The summed E-state index contributed by atoms with van der Waals surface area (Å²) in [5.74, 6) is 0.331. The molecule has 9 nitrogen and oxygen atoms in total. The van der Waals surface area contributed by atoms with Crippen LogP contribution in [-0.4, -0.2) is 46.0 Å². The Morgan fingerprint density at radius 2 is 1.77 bits per heavy atom. The summed E-state index contributed by atoms with van der Waals surface area (Å²) in [7, 11) is 0. The second-order valence-electron chi connectivity index (χ2n) is 7.43. The fourth-order valence-corrected chi connectivity index (χ4v) is 3.20. The Morgan fingerprint density at radius 3 is 2.43 bits per heavy atom. The van der Waals surface area contributed by atoms with E-state index in [9.17, 15) is 4.79 Å². The van der Waals surface area contributed by atoms with Crippen LogP contribution in [0.4, 0.5) is 0 Å². The van der Waals surface area contributed by atoms with Crippen molar-refractivity contribution in [2.24, 2.45) is 0 Å². The van der Waals surface area contributed by atoms with Gasteiger partial charge in [0.25, 0.3) is 0 Å². The first-order valence-electron chi connectivity index (χ1n) is 9.60. The molecule has 30 heavy (non-hydrogen) atoms. The van der Waals surface area contributed by atoms with Crippen LogP contribution < -0.4 is 0 Å². The van der Waals surface area contributed by atoms with Gasteiger partial charge >= 0.3 is 0 Å². The smallest absolute Gasteiger partial charge is 0.223 e. The van der Waals surface area contributed by atoms with Gasteiger partial charge in [0.2, 0.25) is 5.82 Å². The van der Waals surface area contributed by atoms with E-state index in [0.29, 0.717) is 18.1 Å². The number of aromatic nitrogens is 8. The van der Waals surface area contributed by atoms with Gasteiger partial charge in [-0.1, -0.05) is 17.3 Å². The maximum Gasteiger partial charge on any atom is 0.223 e. The highest BCUT2D eigenvalue weighted by Crippen LogP contribution is 2.20. The van der Waals surface area contributed by atoms with E-state index in [4.69, 9.17) is 0 Å². The molecule has 0 fully saturated rings. The monoisotopic (exact) mass is 402 g/mol. The maximum absolute atomic E-state index is 11.2. The molecule has 0 N–H and O–H groups in total. The van der Waals surface area contributed by atoms with Crippen LogP contribution in [-0.2, 0) is 17.9 Å². The van der Waals surface area contributed by atoms with Crippen molar-refractivity contribution in [2.75, 3.05) is 0 Å². The van der Waals surface area contributed by atoms with Crippen LogP contribution in [0.2, 0.25) is 0 Å². The predicted molar refractivity (Wildman–Crippen MR) is 111 cm³/mol. The molecule has 3 heterocycles. The number of nitrogens with zero attached hydrogens (tertiary/aromatic N) is 8. The first-order chi connectivity index (χ1) is 14.4. The molecule has 0 aliphatic rings. The van der Waals surface area contributed by atoms with Crippen LogP contribution >= 0.6 is 0 Å². The lowest BCUT2D eigenvalue weighted by Crippen LogP contribution is -2.09. The number of carbonyl (C=O) groups is 1. The summed E-state index contributed by atoms with van der Waals surface area (Å²) in [5, 5.41) is 20.5. The molecule has 3 aromatic heterocycles. The Balaban J connectivity index is 1.50. The lowest BCUT2D eigenvalue weighted by atomic mass is 10.0. The van der Waals surface area contributed by atoms with Crippen molar-refractivity contribution in [3.8, 4) is 22.8 Å². The summed E-state index contributed by atoms with van der Waals surface area (Å²) in [4.78, 5) is 16.8. The number of aryl methyl sites for hydroxylation is 2. The number of rotatable bonds is 6. The number of pyridine rings is 1. The summed E-state index contributed by atoms with van der Waals surface area (Å²) in [5.41, 5.74) is 7.23. The second-order valence-corrected chi connectivity index (χ2v) is 7.43. The molecular formula is C21H22N8O. The van der Waals surface area contributed by atoms with Crippen molar-refractivity contribution in [1.29, 1.82) is 0 Å². The van der Waals surface area contributed by atoms with Crippen molar-refractivity contribution < 1.29 is 4.79 Å². The molecular weight excluding hydrogens is 380 g/mol. The van der Waals surface area contributed by atoms with E-state index in [1.807, 2.05) is 16.9 Å². The fraction of sp³-hybridized carbons (Fsp3) is 0.286. The van der Waals surface area contributed by atoms with Gasteiger partial charge in [0, 0.05) is 11.8 Å². The number of carbonyl (C=O) groups excluding carboxylic acids is 1. The average Bonchev–Trinajstić information content (AvgIpc) is 3.35. The molecule has 4 aromatic rings. The standard InChI is InChI=1S/C21H22N8O/c1-13-7-17(8-14(2)16(13)4)11-28-12-20(23-26-28)18-5-6-19(22-9-18)21-24-27-29(25-21)10-15(3)30/h5-9,12H,10-11H2,1-4H3. The highest BCUT2D eigenvalue weighted by molar-refractivity contribution is 5.75. The molecule has 4 rings (SSSR count). The van der Waals surface area contributed by atoms with Crippen molar-refractivity contribution in [3.05, 3.63) is 58.9 Å². The van der Waals surface area contributed by atoms with Crippen LogP contribution in [0.25, 0.3) is 22.8 Å². The van der Waals surface area contributed by atoms with Gasteiger partial charge in [-0.2, -0.15) is 4.80 Å². The third-order valence-corrected chi connectivity index (χ3v) is 4.98. The lowest BCUT2D eigenvalue weighted by molar-refractivity contribution is -0.117. The van der Waals surface area contributed by atoms with Gasteiger partial charge in [0.05, 0.1) is 12.7 Å². The molecule has 0 aliphatic heterocycles. The van der Waals surface area contributed by atoms with Crippen LogP contribution in [0.15, 0.2) is 36.7 Å². The van der Waals surface area contributed by atoms with Gasteiger partial charge in [0.15, 0.2) is 5.78 Å². The molecule has 0 atom stereocenters. The third kappa shape index (κ3) is 4.14. The third-order valence-electron chi connectivity index (χ3n) is 4.98. The number of tetrazole rings is 1. The highest BCUT2D eigenvalue weighted by Gasteiger charge is 2.11. The fourth-order valence-electron chi connectivity index (χ4n) is 3.20. The molecule has 0 amide bonds. The summed E-state index contributed by atoms with van der Waals surface area (Å²) in [6.45, 7) is 8.61. The number of Topliss-reactive ketones (excluding diaryl/α,β-unsaturated/α-hetero) is 1. The van der Waals surface area contributed by atoms with Crippen LogP contribution in [0, 0.1) is 20.8 Å². The topological polar surface area (TPSA) is 104 Å². The van der Waals surface area contributed by atoms with Gasteiger partial charge in [-0.05, 0) is 67.3 Å². The largest absolute Gasteiger partial charge is 0.298 e. The van der Waals surface area contributed by atoms with Crippen molar-refractivity contribution in [3.63, 3.8) is 0 Å². The summed E-state index contributed by atoms with van der Waals surface area (Å²) >= 11 is 0. The molecule has 0 aliphatic carbocycles. The minimum atomic E-state index is -0.0405. The van der Waals surface area contributed by atoms with E-state index < -0.39 is 0 Å². The van der Waals surface area contributed by atoms with Gasteiger partial charge in [-0.25, -0.2) is 4.68 Å². The van der Waals surface area contributed by atoms with Crippen molar-refractivity contribution >= 4 is 5.78 Å². The second kappa shape index (κ2) is 7.94. The Hall–Kier alpha value is -3.75. The van der Waals surface area contributed by atoms with Crippen LogP contribution in [0.1, 0.15) is 29.2 Å². The summed E-state index contributed by atoms with van der Waals surface area (Å²) in [6, 6.07) is 8.07. The Kier molecular flexibility index (Phi) is 5.18. The first-order valence-corrected chi connectivity index (χ1v) is 9.60. The zero-order chi connectivity index (χ0) is 21.3. The van der Waals surface area contributed by atoms with Crippen molar-refractivity contribution in [2.45, 2.75) is 40.8 Å². The molecule has 0 unspecified atom stereocenters. The lowest BCUT2D eigenvalue weighted by Gasteiger charge is -2.08.